The zero-order valence-electron chi connectivity index (χ0n) is 20.2. The number of amidine groups is 2. The quantitative estimate of drug-likeness (QED) is 0.319. The van der Waals surface area contributed by atoms with E-state index in [9.17, 15) is 26.7 Å². The van der Waals surface area contributed by atoms with Gasteiger partial charge < -0.3 is 14.7 Å². The number of halogens is 6. The normalized spacial score (nSPS) is 21.5. The molecule has 0 aliphatic carbocycles. The van der Waals surface area contributed by atoms with Crippen molar-refractivity contribution in [2.45, 2.75) is 32.4 Å². The van der Waals surface area contributed by atoms with Gasteiger partial charge in [0.2, 0.25) is 11.7 Å². The summed E-state index contributed by atoms with van der Waals surface area (Å²) in [6.07, 6.45) is -3.00. The van der Waals surface area contributed by atoms with Crippen LogP contribution in [0.3, 0.4) is 0 Å². The maximum atomic E-state index is 13.8. The van der Waals surface area contributed by atoms with E-state index >= 15 is 0 Å². The molecule has 2 saturated heterocycles. The lowest BCUT2D eigenvalue weighted by Crippen LogP contribution is -2.58. The molecular formula is C24H26ClF5N6O. The van der Waals surface area contributed by atoms with Crippen LogP contribution in [0.4, 0.5) is 27.6 Å². The lowest BCUT2D eigenvalue weighted by atomic mass is 9.85. The Balaban J connectivity index is 1.47. The van der Waals surface area contributed by atoms with Crippen molar-refractivity contribution in [3.8, 4) is 0 Å². The van der Waals surface area contributed by atoms with E-state index in [0.717, 1.165) is 6.92 Å². The van der Waals surface area contributed by atoms with Crippen molar-refractivity contribution < 1.29 is 26.7 Å². The van der Waals surface area contributed by atoms with E-state index in [1.807, 2.05) is 11.8 Å². The number of benzene rings is 1. The maximum absolute atomic E-state index is 13.8. The molecule has 0 radical (unpaired) electrons. The summed E-state index contributed by atoms with van der Waals surface area (Å²) in [6, 6.07) is 4.25. The Hall–Kier alpha value is -3.02. The molecule has 3 heterocycles. The number of hydrogen-bond donors (Lipinski definition) is 2. The number of fused-ring (bicyclic) bond motifs is 1. The van der Waals surface area contributed by atoms with Crippen LogP contribution in [0.2, 0.25) is 5.02 Å². The lowest BCUT2D eigenvalue weighted by molar-refractivity contribution is -0.137. The van der Waals surface area contributed by atoms with Crippen LogP contribution in [-0.4, -0.2) is 71.3 Å². The lowest BCUT2D eigenvalue weighted by Gasteiger charge is -2.42. The third-order valence-corrected chi connectivity index (χ3v) is 7.23. The number of anilines is 1. The molecule has 2 N–H and O–H groups in total. The maximum Gasteiger partial charge on any atom is 0.449 e. The molecule has 2 fully saturated rings. The van der Waals surface area contributed by atoms with Crippen LogP contribution >= 0.6 is 11.6 Å². The molecule has 13 heteroatoms. The average Bonchev–Trinajstić information content (AvgIpc) is 2.81. The molecule has 7 nitrogen and oxygen atoms in total. The van der Waals surface area contributed by atoms with Crippen molar-refractivity contribution in [2.75, 3.05) is 37.6 Å². The van der Waals surface area contributed by atoms with Gasteiger partial charge in [0.05, 0.1) is 22.8 Å². The van der Waals surface area contributed by atoms with Gasteiger partial charge in [0, 0.05) is 56.2 Å². The summed E-state index contributed by atoms with van der Waals surface area (Å²) < 4.78 is 66.3. The summed E-state index contributed by atoms with van der Waals surface area (Å²) in [7, 11) is 0. The number of piperazine rings is 1. The minimum absolute atomic E-state index is 0.0160. The number of alkyl halides is 5. The Morgan fingerprint density at radius 2 is 1.86 bits per heavy atom. The summed E-state index contributed by atoms with van der Waals surface area (Å²) in [5.41, 5.74) is 0.871. The second-order valence-electron chi connectivity index (χ2n) is 9.60. The number of carbonyl (C=O) groups excluding carboxylic acids is 1. The minimum Gasteiger partial charge on any atom is -0.369 e. The third kappa shape index (κ3) is 5.34. The smallest absolute Gasteiger partial charge is 0.369 e. The number of aromatic nitrogens is 1. The molecule has 1 amide bonds. The van der Waals surface area contributed by atoms with Gasteiger partial charge in [0.25, 0.3) is 5.92 Å². The predicted octanol–water partition coefficient (Wildman–Crippen LogP) is 5.12. The van der Waals surface area contributed by atoms with Gasteiger partial charge in [-0.2, -0.15) is 13.2 Å². The van der Waals surface area contributed by atoms with E-state index in [4.69, 9.17) is 22.4 Å². The second kappa shape index (κ2) is 9.70. The van der Waals surface area contributed by atoms with Crippen molar-refractivity contribution in [3.05, 3.63) is 35.0 Å². The number of amides is 1. The fraction of sp³-hybridized carbons (Fsp3) is 0.500. The molecule has 0 spiro atoms. The summed E-state index contributed by atoms with van der Waals surface area (Å²) in [6.45, 7) is 3.01. The minimum atomic E-state index is -4.86. The van der Waals surface area contributed by atoms with Crippen molar-refractivity contribution in [2.24, 2.45) is 11.8 Å². The van der Waals surface area contributed by atoms with Crippen molar-refractivity contribution in [1.29, 1.82) is 10.8 Å². The van der Waals surface area contributed by atoms with Crippen LogP contribution in [0.1, 0.15) is 25.8 Å². The molecule has 4 rings (SSSR count). The molecule has 200 valence electrons. The number of hydrogen-bond acceptors (Lipinski definition) is 5. The van der Waals surface area contributed by atoms with Gasteiger partial charge in [-0.15, -0.1) is 0 Å². The summed E-state index contributed by atoms with van der Waals surface area (Å²) >= 11 is 6.47. The van der Waals surface area contributed by atoms with E-state index in [0.29, 0.717) is 46.0 Å². The Labute approximate surface area is 215 Å². The van der Waals surface area contributed by atoms with E-state index < -0.39 is 29.7 Å². The number of nitrogens with zero attached hydrogens (tertiary/aromatic N) is 4. The van der Waals surface area contributed by atoms with Crippen LogP contribution in [0.15, 0.2) is 24.4 Å². The standard InChI is InChI=1S/C24H26ClF5N6O/c1-13-11-34(20-16-4-3-14(23(2,26)27)9-18(16)33-10-17(20)25)6-5-15(13)21(37)35-7-8-36(19(31)12-35)22(32)24(28,29)30/h3-4,9-10,13,15,31-32H,5-8,11-12H2,1-2H3. The summed E-state index contributed by atoms with van der Waals surface area (Å²) in [4.78, 5) is 21.4. The molecule has 2 aliphatic rings. The zero-order chi connectivity index (χ0) is 27.3. The molecule has 0 saturated carbocycles. The average molecular weight is 545 g/mol. The van der Waals surface area contributed by atoms with Gasteiger partial charge in [-0.3, -0.25) is 20.6 Å². The molecule has 2 atom stereocenters. The van der Waals surface area contributed by atoms with Gasteiger partial charge in [-0.25, -0.2) is 8.78 Å². The first kappa shape index (κ1) is 27.0. The number of piperidine rings is 1. The van der Waals surface area contributed by atoms with Crippen molar-refractivity contribution in [1.82, 2.24) is 14.8 Å². The number of pyridine rings is 1. The number of rotatable bonds is 3. The summed E-state index contributed by atoms with van der Waals surface area (Å²) in [5, 5.41) is 16.2. The second-order valence-corrected chi connectivity index (χ2v) is 10.0. The topological polar surface area (TPSA) is 87.4 Å². The number of nitrogens with one attached hydrogen (secondary N) is 2. The van der Waals surface area contributed by atoms with Gasteiger partial charge in [0.15, 0.2) is 0 Å². The van der Waals surface area contributed by atoms with Gasteiger partial charge >= 0.3 is 6.18 Å². The first-order valence-corrected chi connectivity index (χ1v) is 12.1. The molecule has 2 unspecified atom stereocenters. The fourth-order valence-corrected chi connectivity index (χ4v) is 5.26. The predicted molar refractivity (Wildman–Crippen MR) is 131 cm³/mol. The van der Waals surface area contributed by atoms with Crippen molar-refractivity contribution in [3.63, 3.8) is 0 Å². The Bertz CT molecular complexity index is 1250. The van der Waals surface area contributed by atoms with Gasteiger partial charge in [0.1, 0.15) is 5.84 Å². The SMILES string of the molecule is CC1CN(c2c(Cl)cnc3cc(C(C)(F)F)ccc23)CCC1C(=O)N1CCN(C(=N)C(F)(F)F)C(=N)C1. The molecule has 37 heavy (non-hydrogen) atoms. The van der Waals surface area contributed by atoms with Crippen LogP contribution in [0, 0.1) is 22.7 Å². The van der Waals surface area contributed by atoms with E-state index in [1.54, 1.807) is 6.07 Å². The first-order valence-electron chi connectivity index (χ1n) is 11.7. The molecule has 1 aromatic heterocycles. The monoisotopic (exact) mass is 544 g/mol. The fourth-order valence-electron chi connectivity index (χ4n) is 4.99. The zero-order valence-corrected chi connectivity index (χ0v) is 20.9. The van der Waals surface area contributed by atoms with E-state index in [-0.39, 0.29) is 37.0 Å². The van der Waals surface area contributed by atoms with Crippen LogP contribution < -0.4 is 4.90 Å². The van der Waals surface area contributed by atoms with Crippen LogP contribution in [0.5, 0.6) is 0 Å². The molecule has 2 aromatic rings. The third-order valence-electron chi connectivity index (χ3n) is 6.95. The van der Waals surface area contributed by atoms with Gasteiger partial charge in [-0.1, -0.05) is 30.7 Å². The highest BCUT2D eigenvalue weighted by atomic mass is 35.5. The number of carbonyl (C=O) groups is 1. The van der Waals surface area contributed by atoms with Crippen molar-refractivity contribution >= 4 is 45.8 Å². The van der Waals surface area contributed by atoms with E-state index in [2.05, 4.69) is 4.98 Å². The largest absolute Gasteiger partial charge is 0.449 e. The Morgan fingerprint density at radius 1 is 1.16 bits per heavy atom. The van der Waals surface area contributed by atoms with Crippen LogP contribution in [0.25, 0.3) is 10.9 Å². The van der Waals surface area contributed by atoms with Gasteiger partial charge in [-0.05, 0) is 18.4 Å². The highest BCUT2D eigenvalue weighted by Gasteiger charge is 2.43. The van der Waals surface area contributed by atoms with Crippen LogP contribution in [-0.2, 0) is 10.7 Å². The first-order chi connectivity index (χ1) is 17.2. The highest BCUT2D eigenvalue weighted by Crippen LogP contribution is 2.39. The Kier molecular flexibility index (Phi) is 7.08. The highest BCUT2D eigenvalue weighted by molar-refractivity contribution is 6.34. The van der Waals surface area contributed by atoms with E-state index in [1.165, 1.54) is 23.2 Å². The summed E-state index contributed by atoms with van der Waals surface area (Å²) in [5.74, 6) is -5.87. The molecular weight excluding hydrogens is 519 g/mol. The Morgan fingerprint density at radius 3 is 2.46 bits per heavy atom. The molecule has 0 bridgehead atoms. The molecule has 2 aliphatic heterocycles. The molecule has 1 aromatic carbocycles.